The van der Waals surface area contributed by atoms with Gasteiger partial charge < -0.3 is 36.6 Å². The molecule has 0 unspecified atom stereocenters. The highest BCUT2D eigenvalue weighted by Gasteiger charge is 2.14. The molecule has 4 rings (SSSR count). The number of guanidine groups is 1. The number of alkyl halides is 2. The Balaban J connectivity index is 0.00000484. The average molecular weight is 635 g/mol. The Morgan fingerprint density at radius 1 is 1.07 bits per heavy atom. The normalized spacial score (nSPS) is 10.6. The number of aromatic nitrogens is 3. The first kappa shape index (κ1) is 32.6. The maximum absolute atomic E-state index is 12.9. The lowest BCUT2D eigenvalue weighted by molar-refractivity contribution is -0.114. The molecule has 0 aliphatic carbocycles. The molecule has 2 aromatic carbocycles. The van der Waals surface area contributed by atoms with E-state index in [2.05, 4.69) is 54.8 Å². The van der Waals surface area contributed by atoms with Gasteiger partial charge in [0.15, 0.2) is 11.8 Å². The number of amides is 2. The van der Waals surface area contributed by atoms with Crippen LogP contribution in [0.4, 0.5) is 11.4 Å². The van der Waals surface area contributed by atoms with Gasteiger partial charge in [-0.2, -0.15) is 0 Å². The number of nitrogens with one attached hydrogen (secondary N) is 3. The predicted molar refractivity (Wildman–Crippen MR) is 173 cm³/mol. The quantitative estimate of drug-likeness (QED) is 0.0861. The molecule has 14 heteroatoms. The number of rotatable bonds is 13. The molecule has 2 heterocycles. The third-order valence-electron chi connectivity index (χ3n) is 6.39. The summed E-state index contributed by atoms with van der Waals surface area (Å²) in [5, 5.41) is 5.74. The first-order valence-electron chi connectivity index (χ1n) is 13.0. The maximum Gasteiger partial charge on any atom is 0.251 e. The van der Waals surface area contributed by atoms with Gasteiger partial charge in [-0.25, -0.2) is 9.98 Å². The topological polar surface area (TPSA) is 159 Å². The van der Waals surface area contributed by atoms with Crippen molar-refractivity contribution in [2.75, 3.05) is 48.2 Å². The number of aryl methyl sites for hydroxylation is 1. The number of hydrogen-bond donors (Lipinski definition) is 5. The van der Waals surface area contributed by atoms with Gasteiger partial charge in [-0.1, -0.05) is 12.1 Å². The first-order valence-corrected chi connectivity index (χ1v) is 14.1. The predicted octanol–water partition coefficient (Wildman–Crippen LogP) is 3.46. The van der Waals surface area contributed by atoms with Gasteiger partial charge in [-0.3, -0.25) is 9.59 Å². The fourth-order valence-electron chi connectivity index (χ4n) is 4.37. The summed E-state index contributed by atoms with van der Waals surface area (Å²) < 4.78 is 1.83. The van der Waals surface area contributed by atoms with Crippen LogP contribution in [0.15, 0.2) is 59.7 Å². The van der Waals surface area contributed by atoms with Crippen molar-refractivity contribution in [3.63, 3.8) is 0 Å². The number of carbonyl (C=O) groups excluding carboxylic acids is 2. The Morgan fingerprint density at radius 2 is 1.79 bits per heavy atom. The number of halogens is 3. The number of aromatic amines is 1. The molecule has 0 saturated carbocycles. The van der Waals surface area contributed by atoms with Crippen LogP contribution in [-0.2, 0) is 18.3 Å². The van der Waals surface area contributed by atoms with E-state index < -0.39 is 0 Å². The number of imidazole rings is 1. The summed E-state index contributed by atoms with van der Waals surface area (Å²) in [5.74, 6) is 1.01. The van der Waals surface area contributed by atoms with Crippen molar-refractivity contribution in [2.24, 2.45) is 23.5 Å². The highest BCUT2D eigenvalue weighted by atomic mass is 35.5. The molecule has 0 aliphatic heterocycles. The zero-order chi connectivity index (χ0) is 29.4. The van der Waals surface area contributed by atoms with Gasteiger partial charge in [-0.05, 0) is 48.4 Å². The van der Waals surface area contributed by atoms with Crippen LogP contribution in [0.5, 0.6) is 0 Å². The van der Waals surface area contributed by atoms with Gasteiger partial charge >= 0.3 is 0 Å². The van der Waals surface area contributed by atoms with Gasteiger partial charge in [-0.15, -0.1) is 35.6 Å². The first-order chi connectivity index (χ1) is 19.8. The molecule has 11 nitrogen and oxygen atoms in total. The Hall–Kier alpha value is -3.93. The number of carbonyl (C=O) groups is 2. The Bertz CT molecular complexity index is 1520. The molecule has 0 spiro atoms. The second-order valence-electron chi connectivity index (χ2n) is 9.37. The molecule has 42 heavy (non-hydrogen) atoms. The second kappa shape index (κ2) is 15.3. The lowest BCUT2D eigenvalue weighted by Crippen LogP contribution is -2.27. The van der Waals surface area contributed by atoms with Crippen LogP contribution in [0.2, 0.25) is 0 Å². The van der Waals surface area contributed by atoms with E-state index >= 15 is 0 Å². The van der Waals surface area contributed by atoms with Gasteiger partial charge in [0.25, 0.3) is 5.91 Å². The third kappa shape index (κ3) is 8.54. The fourth-order valence-corrected chi connectivity index (χ4v) is 4.78. The van der Waals surface area contributed by atoms with E-state index in [1.54, 1.807) is 30.5 Å². The van der Waals surface area contributed by atoms with Gasteiger partial charge in [0, 0.05) is 55.9 Å². The summed E-state index contributed by atoms with van der Waals surface area (Å²) in [7, 11) is 1.84. The molecule has 0 bridgehead atoms. The summed E-state index contributed by atoms with van der Waals surface area (Å²) >= 11 is 11.8. The molecule has 2 aromatic heterocycles. The third-order valence-corrected chi connectivity index (χ3v) is 6.73. The number of H-pyrrole nitrogens is 1. The van der Waals surface area contributed by atoms with Gasteiger partial charge in [0.05, 0.1) is 22.4 Å². The smallest absolute Gasteiger partial charge is 0.251 e. The van der Waals surface area contributed by atoms with Crippen molar-refractivity contribution < 1.29 is 9.59 Å². The molecule has 224 valence electrons. The molecule has 7 N–H and O–H groups in total. The lowest BCUT2D eigenvalue weighted by atomic mass is 10.1. The van der Waals surface area contributed by atoms with Crippen LogP contribution in [0.1, 0.15) is 15.9 Å². The molecule has 0 aliphatic rings. The molecule has 0 saturated heterocycles. The number of nitrogens with zero attached hydrogens (tertiary/aromatic N) is 4. The number of anilines is 2. The molecule has 0 fully saturated rings. The van der Waals surface area contributed by atoms with E-state index in [4.69, 9.17) is 34.7 Å². The van der Waals surface area contributed by atoms with E-state index in [1.165, 1.54) is 0 Å². The molecule has 0 atom stereocenters. The van der Waals surface area contributed by atoms with Crippen molar-refractivity contribution in [3.8, 4) is 11.5 Å². The fraction of sp³-hybridized carbons (Fsp3) is 0.286. The minimum atomic E-state index is -0.344. The Morgan fingerprint density at radius 3 is 2.45 bits per heavy atom. The van der Waals surface area contributed by atoms with E-state index in [-0.39, 0.29) is 36.7 Å². The maximum atomic E-state index is 12.9. The summed E-state index contributed by atoms with van der Waals surface area (Å²) in [6.45, 7) is 1.80. The van der Waals surface area contributed by atoms with E-state index in [1.807, 2.05) is 11.6 Å². The van der Waals surface area contributed by atoms with Crippen molar-refractivity contribution in [2.45, 2.75) is 6.42 Å². The molecular weight excluding hydrogens is 601 g/mol. The van der Waals surface area contributed by atoms with Crippen LogP contribution in [0.3, 0.4) is 0 Å². The Kier molecular flexibility index (Phi) is 11.9. The zero-order valence-electron chi connectivity index (χ0n) is 23.1. The minimum absolute atomic E-state index is 0. The van der Waals surface area contributed by atoms with Crippen LogP contribution in [-0.4, -0.2) is 70.2 Å². The van der Waals surface area contributed by atoms with Crippen LogP contribution < -0.4 is 27.0 Å². The highest BCUT2D eigenvalue weighted by Crippen LogP contribution is 2.25. The zero-order valence-corrected chi connectivity index (χ0v) is 25.4. The summed E-state index contributed by atoms with van der Waals surface area (Å²) in [6, 6.07) is 15.3. The van der Waals surface area contributed by atoms with E-state index in [9.17, 15) is 9.59 Å². The average Bonchev–Trinajstić information content (AvgIpc) is 3.54. The van der Waals surface area contributed by atoms with Gasteiger partial charge in [0.1, 0.15) is 6.54 Å². The summed E-state index contributed by atoms with van der Waals surface area (Å²) in [5.41, 5.74) is 16.1. The van der Waals surface area contributed by atoms with E-state index in [0.717, 1.165) is 35.6 Å². The number of hydrogen-bond acceptors (Lipinski definition) is 5. The van der Waals surface area contributed by atoms with Crippen molar-refractivity contribution in [3.05, 3.63) is 65.9 Å². The van der Waals surface area contributed by atoms with Crippen molar-refractivity contribution >= 4 is 75.8 Å². The number of benzene rings is 2. The molecule has 4 aromatic rings. The monoisotopic (exact) mass is 633 g/mol. The van der Waals surface area contributed by atoms with E-state index in [0.29, 0.717) is 47.3 Å². The highest BCUT2D eigenvalue weighted by molar-refractivity contribution is 6.18. The lowest BCUT2D eigenvalue weighted by Gasteiger charge is -2.23. The number of aliphatic imine (C=N–C) groups is 1. The van der Waals surface area contributed by atoms with Crippen molar-refractivity contribution in [1.82, 2.24) is 19.9 Å². The summed E-state index contributed by atoms with van der Waals surface area (Å²) in [6.07, 6.45) is 2.46. The largest absolute Gasteiger partial charge is 0.370 e. The standard InChI is InChI=1S/C28H33Cl2N9O2.ClH/c1-38-17-20(35-25(40)16-34-28(31)32)15-24(38)26-36-22-7-4-19(14-23(22)37-26)27(41)33-11-8-18-2-5-21(6-3-18)39(12-9-29)13-10-30;/h2-7,14-15,17H,8-13,16H2,1H3,(H,33,41)(H,35,40)(H,36,37)(H4,31,32,34);1H. The summed E-state index contributed by atoms with van der Waals surface area (Å²) in [4.78, 5) is 38.7. The molecule has 2 amide bonds. The number of nitrogens with two attached hydrogens (primary N) is 2. The molecule has 0 radical (unpaired) electrons. The van der Waals surface area contributed by atoms with Crippen LogP contribution in [0, 0.1) is 0 Å². The van der Waals surface area contributed by atoms with Crippen LogP contribution >= 0.6 is 35.6 Å². The SMILES string of the molecule is Cl.Cn1cc(NC(=O)CN=C(N)N)cc1-c1nc2ccc(C(=O)NCCc3ccc(N(CCCl)CCCl)cc3)cc2[nH]1. The van der Waals surface area contributed by atoms with Crippen LogP contribution in [0.25, 0.3) is 22.6 Å². The van der Waals surface area contributed by atoms with Crippen molar-refractivity contribution in [1.29, 1.82) is 0 Å². The minimum Gasteiger partial charge on any atom is -0.370 e. The number of fused-ring (bicyclic) bond motifs is 1. The van der Waals surface area contributed by atoms with Gasteiger partial charge in [0.2, 0.25) is 5.91 Å². The second-order valence-corrected chi connectivity index (χ2v) is 10.1. The molecular formula is C28H34Cl3N9O2. The Labute approximate surface area is 260 Å².